The Morgan fingerprint density at radius 2 is 1.09 bits per heavy atom. The number of nitrogens with zero attached hydrogens (tertiary/aromatic N) is 3. The molecule has 486 valence electrons. The number of aryl methyl sites for hydroxylation is 1. The molecule has 4 aliphatic heterocycles. The Bertz CT molecular complexity index is 3040. The molecule has 7 N–H and O–H groups in total. The number of benzene rings is 4. The van der Waals surface area contributed by atoms with Crippen molar-refractivity contribution in [1.82, 2.24) is 20.3 Å². The van der Waals surface area contributed by atoms with Gasteiger partial charge in [0.1, 0.15) is 12.2 Å². The molecule has 4 aromatic rings. The van der Waals surface area contributed by atoms with Crippen LogP contribution in [-0.4, -0.2) is 149 Å². The van der Waals surface area contributed by atoms with Gasteiger partial charge in [-0.25, -0.2) is 18.0 Å². The fraction of sp³-hybridized carbons (Fsp3) is 0.545. The Morgan fingerprint density at radius 3 is 1.54 bits per heavy atom. The average molecular weight is 1250 g/mol. The van der Waals surface area contributed by atoms with Crippen LogP contribution in [0.2, 0.25) is 0 Å². The third-order valence-electron chi connectivity index (χ3n) is 15.6. The Kier molecular flexibility index (Phi) is 28.9. The second kappa shape index (κ2) is 35.4. The Labute approximate surface area is 525 Å². The zero-order valence-electron chi connectivity index (χ0n) is 51.5. The van der Waals surface area contributed by atoms with Crippen LogP contribution in [0.4, 0.5) is 21.0 Å². The number of amides is 4. The predicted octanol–water partition coefficient (Wildman–Crippen LogP) is 8.38. The topological polar surface area (TPSA) is 309 Å². The van der Waals surface area contributed by atoms with Gasteiger partial charge in [0.2, 0.25) is 21.8 Å². The maximum absolute atomic E-state index is 14.0. The molecule has 23 heteroatoms. The average Bonchev–Trinajstić information content (AvgIpc) is 2.43. The summed E-state index contributed by atoms with van der Waals surface area (Å²) in [5.74, 6) is -0.326. The standard InChI is InChI=1S/C32H42N4O8S.C24H35N3O5.C9H11NO.CH4/c1-22(37)34-24-10-12-25(13-11-24)45(40,41)36(21-32(2,3)15-7-16-33)19-28(38)27(18-23-8-5-4-6-9-23)35-31(39)44-29-20-43-30-26(29)14-17-42-30;1-24(2,10-6-11-25)16-26-14-20(28)19(13-17-7-4-3-5-8-17)27-23(29)32-21-15-31-22-18(21)9-12-30-22;1-7-3-5-9(6-4-7)10-8(2)11;/h4-6,8-13,26-30,38H,7,14-15,17-21H2,1-3H3,(H,34,37)(H,35,39);3-5,7-8,18-22,26,28H,6,9-10,12-16H2,1-2H3,(H,27,29);3-6H,1-2H3,(H,10,11);1H4/t26-,27-,28+,29-,30+;18-,19-,20+,21-,22+;;/m00../s1. The van der Waals surface area contributed by atoms with Crippen LogP contribution in [0, 0.1) is 52.3 Å². The summed E-state index contributed by atoms with van der Waals surface area (Å²) in [7, 11) is -4.16. The van der Waals surface area contributed by atoms with Crippen LogP contribution in [0.5, 0.6) is 0 Å². The van der Waals surface area contributed by atoms with Crippen LogP contribution >= 0.6 is 0 Å². The van der Waals surface area contributed by atoms with Crippen molar-refractivity contribution in [1.29, 1.82) is 10.5 Å². The molecule has 0 aliphatic carbocycles. The molecule has 0 spiro atoms. The molecule has 4 aliphatic rings. The molecule has 4 saturated heterocycles. The number of nitrogens with one attached hydrogen (secondary N) is 5. The van der Waals surface area contributed by atoms with Crippen molar-refractivity contribution in [3.8, 4) is 12.1 Å². The minimum Gasteiger partial charge on any atom is -0.443 e. The normalized spacial score (nSPS) is 20.5. The molecule has 0 saturated carbocycles. The van der Waals surface area contributed by atoms with Crippen molar-refractivity contribution in [2.45, 2.75) is 161 Å². The van der Waals surface area contributed by atoms with Crippen LogP contribution in [0.15, 0.2) is 114 Å². The molecule has 0 bridgehead atoms. The van der Waals surface area contributed by atoms with Gasteiger partial charge < -0.3 is 65.2 Å². The number of sulfonamides is 1. The highest BCUT2D eigenvalue weighted by Crippen LogP contribution is 2.35. The van der Waals surface area contributed by atoms with Gasteiger partial charge in [0.25, 0.3) is 0 Å². The smallest absolute Gasteiger partial charge is 0.407 e. The molecule has 8 rings (SSSR count). The van der Waals surface area contributed by atoms with E-state index in [0.717, 1.165) is 29.7 Å². The molecular weight excluding hydrogens is 1160 g/mol. The monoisotopic (exact) mass is 1250 g/mol. The zero-order valence-corrected chi connectivity index (χ0v) is 52.3. The number of ether oxygens (including phenoxy) is 6. The number of anilines is 2. The summed E-state index contributed by atoms with van der Waals surface area (Å²) < 4.78 is 62.7. The van der Waals surface area contributed by atoms with Crippen molar-refractivity contribution in [2.75, 3.05) is 63.2 Å². The van der Waals surface area contributed by atoms with Gasteiger partial charge in [0.05, 0.1) is 79.6 Å². The van der Waals surface area contributed by atoms with E-state index in [1.54, 1.807) is 0 Å². The van der Waals surface area contributed by atoms with E-state index < -0.39 is 64.3 Å². The van der Waals surface area contributed by atoms with E-state index in [1.165, 1.54) is 48.0 Å². The number of nitriles is 2. The van der Waals surface area contributed by atoms with E-state index in [2.05, 4.69) is 52.6 Å². The number of alkyl carbamates (subject to hydrolysis) is 2. The van der Waals surface area contributed by atoms with Crippen LogP contribution in [0.1, 0.15) is 104 Å². The first-order chi connectivity index (χ1) is 41.9. The number of fused-ring (bicyclic) bond motifs is 2. The van der Waals surface area contributed by atoms with Crippen LogP contribution in [-0.2, 0) is 60.9 Å². The highest BCUT2D eigenvalue weighted by Gasteiger charge is 2.46. The number of hydrogen-bond acceptors (Lipinski definition) is 17. The van der Waals surface area contributed by atoms with Crippen molar-refractivity contribution < 1.29 is 66.2 Å². The molecule has 89 heavy (non-hydrogen) atoms. The summed E-state index contributed by atoms with van der Waals surface area (Å²) in [6.45, 7) is 15.1. The predicted molar refractivity (Wildman–Crippen MR) is 336 cm³/mol. The first-order valence-corrected chi connectivity index (χ1v) is 31.4. The molecule has 22 nitrogen and oxygen atoms in total. The number of carbonyl (C=O) groups is 4. The molecule has 0 radical (unpaired) electrons. The van der Waals surface area contributed by atoms with Crippen LogP contribution in [0.25, 0.3) is 0 Å². The number of hydrogen-bond donors (Lipinski definition) is 7. The summed E-state index contributed by atoms with van der Waals surface area (Å²) in [4.78, 5) is 47.8. The first-order valence-electron chi connectivity index (χ1n) is 30.0. The zero-order chi connectivity index (χ0) is 63.9. The fourth-order valence-electron chi connectivity index (χ4n) is 10.7. The van der Waals surface area contributed by atoms with Crippen molar-refractivity contribution >= 4 is 45.4 Å². The first kappa shape index (κ1) is 72.7. The molecule has 4 amide bonds. The van der Waals surface area contributed by atoms with Gasteiger partial charge in [0, 0.05) is 64.2 Å². The van der Waals surface area contributed by atoms with E-state index in [0.29, 0.717) is 64.3 Å². The molecule has 4 heterocycles. The van der Waals surface area contributed by atoms with Crippen LogP contribution in [0.3, 0.4) is 0 Å². The van der Waals surface area contributed by atoms with Gasteiger partial charge >= 0.3 is 12.2 Å². The second-order valence-electron chi connectivity index (χ2n) is 24.3. The van der Waals surface area contributed by atoms with Crippen LogP contribution < -0.4 is 26.6 Å². The Hall–Kier alpha value is -7.03. The fourth-order valence-corrected chi connectivity index (χ4v) is 12.3. The van der Waals surface area contributed by atoms with E-state index >= 15 is 0 Å². The molecule has 4 aromatic carbocycles. The summed E-state index contributed by atoms with van der Waals surface area (Å²) in [5.41, 5.74) is 3.66. The summed E-state index contributed by atoms with van der Waals surface area (Å²) in [5, 5.41) is 54.7. The highest BCUT2D eigenvalue weighted by molar-refractivity contribution is 7.89. The quantitative estimate of drug-likeness (QED) is 0.0310. The van der Waals surface area contributed by atoms with Gasteiger partial charge in [-0.05, 0) is 104 Å². The number of aliphatic hydroxyl groups is 2. The van der Waals surface area contributed by atoms with E-state index in [1.807, 2.05) is 106 Å². The Morgan fingerprint density at radius 1 is 0.652 bits per heavy atom. The van der Waals surface area contributed by atoms with Gasteiger partial charge in [-0.2, -0.15) is 14.8 Å². The minimum absolute atomic E-state index is 0. The molecule has 4 fully saturated rings. The third kappa shape index (κ3) is 24.0. The number of aliphatic hydroxyl groups excluding tert-OH is 2. The molecule has 0 aromatic heterocycles. The minimum atomic E-state index is -4.16. The van der Waals surface area contributed by atoms with Gasteiger partial charge in [0.15, 0.2) is 12.6 Å². The van der Waals surface area contributed by atoms with Gasteiger partial charge in [-0.15, -0.1) is 0 Å². The Balaban J connectivity index is 0.000000283. The van der Waals surface area contributed by atoms with E-state index in [-0.39, 0.29) is 86.3 Å². The summed E-state index contributed by atoms with van der Waals surface area (Å²) in [6, 6.07) is 35.3. The van der Waals surface area contributed by atoms with Crippen molar-refractivity contribution in [3.05, 3.63) is 126 Å². The molecule has 10 atom stereocenters. The lowest BCUT2D eigenvalue weighted by atomic mass is 9.88. The lowest BCUT2D eigenvalue weighted by Crippen LogP contribution is -2.52. The lowest BCUT2D eigenvalue weighted by Gasteiger charge is -2.35. The second-order valence-corrected chi connectivity index (χ2v) is 26.2. The summed E-state index contributed by atoms with van der Waals surface area (Å²) >= 11 is 0. The number of rotatable bonds is 26. The van der Waals surface area contributed by atoms with Crippen molar-refractivity contribution in [3.63, 3.8) is 0 Å². The SMILES string of the molecule is C.CC(=O)Nc1ccc(C)cc1.CC(=O)Nc1ccc(S(=O)(=O)N(C[C@@H](O)[C@H](Cc2ccccc2)NC(=O)O[C@H]2CO[C@H]3OCC[C@H]32)CC(C)(C)CCC#N)cc1.CC(C)(CCC#N)CNC[C@@H](O)[C@H](Cc1ccccc1)NC(=O)O[C@H]1CO[C@H]2OCC[C@H]21. The van der Waals surface area contributed by atoms with E-state index in [9.17, 15) is 37.8 Å². The van der Waals surface area contributed by atoms with Gasteiger partial charge in [-0.1, -0.05) is 113 Å². The largest absolute Gasteiger partial charge is 0.443 e. The summed E-state index contributed by atoms with van der Waals surface area (Å²) in [6.07, 6.45) is -0.806. The third-order valence-corrected chi connectivity index (χ3v) is 17.4. The maximum atomic E-state index is 14.0. The maximum Gasteiger partial charge on any atom is 0.407 e. The molecular formula is C66H92N8O14S. The van der Waals surface area contributed by atoms with Crippen molar-refractivity contribution in [2.24, 2.45) is 22.7 Å². The number of carbonyl (C=O) groups excluding carboxylic acids is 4. The van der Waals surface area contributed by atoms with Gasteiger partial charge in [-0.3, -0.25) is 9.59 Å². The lowest BCUT2D eigenvalue weighted by molar-refractivity contribution is -0.115. The molecule has 0 unspecified atom stereocenters. The van der Waals surface area contributed by atoms with E-state index in [4.69, 9.17) is 38.9 Å². The highest BCUT2D eigenvalue weighted by atomic mass is 32.2.